The monoisotopic (exact) mass is 487 g/mol. The SMILES string of the molecule is CCC(Br)=N/C(C#C[Si](C)(C)C)=C(\N)N(C(=O)OC(C)(C)C)C(=O)OC(C)(C)C. The van der Waals surface area contributed by atoms with Gasteiger partial charge in [0, 0.05) is 0 Å². The number of allylic oxidation sites excluding steroid dienone is 1. The van der Waals surface area contributed by atoms with Crippen LogP contribution in [-0.2, 0) is 9.47 Å². The summed E-state index contributed by atoms with van der Waals surface area (Å²) in [5.74, 6) is 2.69. The molecule has 164 valence electrons. The van der Waals surface area contributed by atoms with E-state index >= 15 is 0 Å². The highest BCUT2D eigenvalue weighted by atomic mass is 79.9. The Labute approximate surface area is 184 Å². The highest BCUT2D eigenvalue weighted by Gasteiger charge is 2.34. The summed E-state index contributed by atoms with van der Waals surface area (Å²) in [6.45, 7) is 18.2. The van der Waals surface area contributed by atoms with Crippen LogP contribution in [0, 0.1) is 11.5 Å². The van der Waals surface area contributed by atoms with E-state index < -0.39 is 31.5 Å². The second-order valence-electron chi connectivity index (χ2n) is 9.37. The fraction of sp³-hybridized carbons (Fsp3) is 0.650. The van der Waals surface area contributed by atoms with Crippen molar-refractivity contribution in [1.82, 2.24) is 4.90 Å². The molecule has 0 radical (unpaired) electrons. The lowest BCUT2D eigenvalue weighted by molar-refractivity contribution is 0.00789. The van der Waals surface area contributed by atoms with Gasteiger partial charge in [0.15, 0.2) is 11.5 Å². The van der Waals surface area contributed by atoms with Gasteiger partial charge in [-0.25, -0.2) is 14.6 Å². The summed E-state index contributed by atoms with van der Waals surface area (Å²) in [6, 6.07) is 0. The number of aliphatic imine (C=N–C) groups is 1. The Morgan fingerprint density at radius 1 is 1.03 bits per heavy atom. The van der Waals surface area contributed by atoms with Crippen molar-refractivity contribution in [2.75, 3.05) is 0 Å². The molecule has 0 aliphatic heterocycles. The first-order valence-electron chi connectivity index (χ1n) is 9.38. The molecule has 7 nitrogen and oxygen atoms in total. The number of rotatable bonds is 3. The van der Waals surface area contributed by atoms with Gasteiger partial charge in [-0.2, -0.15) is 4.90 Å². The lowest BCUT2D eigenvalue weighted by Crippen LogP contribution is -2.45. The zero-order valence-corrected chi connectivity index (χ0v) is 21.8. The number of carbonyl (C=O) groups excluding carboxylic acids is 2. The van der Waals surface area contributed by atoms with Crippen molar-refractivity contribution in [1.29, 1.82) is 0 Å². The third kappa shape index (κ3) is 11.7. The Bertz CT molecular complexity index is 717. The first-order valence-corrected chi connectivity index (χ1v) is 13.7. The molecule has 0 saturated heterocycles. The van der Waals surface area contributed by atoms with E-state index in [1.165, 1.54) is 0 Å². The van der Waals surface area contributed by atoms with Crippen molar-refractivity contribution in [2.24, 2.45) is 10.7 Å². The maximum atomic E-state index is 12.8. The van der Waals surface area contributed by atoms with Gasteiger partial charge in [0.25, 0.3) is 0 Å². The topological polar surface area (TPSA) is 94.2 Å². The van der Waals surface area contributed by atoms with E-state index in [4.69, 9.17) is 15.2 Å². The summed E-state index contributed by atoms with van der Waals surface area (Å²) in [4.78, 5) is 30.6. The number of hydrogen-bond acceptors (Lipinski definition) is 6. The third-order valence-electron chi connectivity index (χ3n) is 2.72. The molecule has 0 aliphatic carbocycles. The number of imide groups is 1. The number of hydrogen-bond donors (Lipinski definition) is 1. The Morgan fingerprint density at radius 2 is 1.45 bits per heavy atom. The van der Waals surface area contributed by atoms with Crippen LogP contribution in [0.4, 0.5) is 9.59 Å². The van der Waals surface area contributed by atoms with Gasteiger partial charge >= 0.3 is 12.2 Å². The molecule has 0 rings (SSSR count). The molecule has 2 amide bonds. The minimum absolute atomic E-state index is 0.0952. The van der Waals surface area contributed by atoms with Crippen molar-refractivity contribution in [2.45, 2.75) is 85.7 Å². The summed E-state index contributed by atoms with van der Waals surface area (Å²) < 4.78 is 11.3. The second kappa shape index (κ2) is 10.3. The number of amides is 2. The highest BCUT2D eigenvalue weighted by Crippen LogP contribution is 2.19. The smallest absolute Gasteiger partial charge is 0.425 e. The quantitative estimate of drug-likeness (QED) is 0.327. The lowest BCUT2D eigenvalue weighted by Gasteiger charge is -2.28. The molecule has 0 aromatic carbocycles. The molecular formula is C20H34BrN3O4Si. The van der Waals surface area contributed by atoms with Gasteiger partial charge in [0.2, 0.25) is 0 Å². The van der Waals surface area contributed by atoms with Crippen LogP contribution in [0.5, 0.6) is 0 Å². The molecule has 0 aliphatic rings. The van der Waals surface area contributed by atoms with Gasteiger partial charge in [-0.1, -0.05) is 32.5 Å². The van der Waals surface area contributed by atoms with Crippen LogP contribution >= 0.6 is 15.9 Å². The standard InChI is InChI=1S/C20H34BrN3O4Si/c1-11-15(21)23-14(12-13-29(8,9)10)16(22)24(17(25)27-19(2,3)4)18(26)28-20(5,6)7/h11,22H2,1-10H3/b16-14+,23-15?. The van der Waals surface area contributed by atoms with E-state index in [0.717, 1.165) is 0 Å². The summed E-state index contributed by atoms with van der Waals surface area (Å²) in [6.07, 6.45) is -1.33. The van der Waals surface area contributed by atoms with Crippen LogP contribution in [-0.4, -0.2) is 41.0 Å². The average Bonchev–Trinajstić information content (AvgIpc) is 2.46. The predicted octanol–water partition coefficient (Wildman–Crippen LogP) is 5.37. The van der Waals surface area contributed by atoms with Crippen LogP contribution in [0.1, 0.15) is 54.9 Å². The Balaban J connectivity index is 6.57. The molecule has 0 saturated carbocycles. The zero-order chi connectivity index (χ0) is 23.2. The third-order valence-corrected chi connectivity index (χ3v) is 4.33. The van der Waals surface area contributed by atoms with Crippen molar-refractivity contribution < 1.29 is 19.1 Å². The molecule has 0 aromatic rings. The van der Waals surface area contributed by atoms with Crippen molar-refractivity contribution in [3.8, 4) is 11.5 Å². The van der Waals surface area contributed by atoms with Crippen LogP contribution in [0.3, 0.4) is 0 Å². The van der Waals surface area contributed by atoms with Gasteiger partial charge in [0.05, 0.1) is 4.62 Å². The minimum atomic E-state index is -1.78. The predicted molar refractivity (Wildman–Crippen MR) is 123 cm³/mol. The molecule has 9 heteroatoms. The molecule has 0 fully saturated rings. The minimum Gasteiger partial charge on any atom is -0.443 e. The maximum Gasteiger partial charge on any atom is 0.425 e. The summed E-state index contributed by atoms with van der Waals surface area (Å²) in [5.41, 5.74) is 7.80. The van der Waals surface area contributed by atoms with Gasteiger partial charge in [0.1, 0.15) is 19.3 Å². The molecule has 0 unspecified atom stereocenters. The molecule has 29 heavy (non-hydrogen) atoms. The van der Waals surface area contributed by atoms with E-state index in [9.17, 15) is 9.59 Å². The zero-order valence-electron chi connectivity index (χ0n) is 19.2. The molecule has 0 bridgehead atoms. The molecule has 2 N–H and O–H groups in total. The second-order valence-corrected chi connectivity index (χ2v) is 15.0. The van der Waals surface area contributed by atoms with Crippen LogP contribution in [0.15, 0.2) is 16.5 Å². The van der Waals surface area contributed by atoms with Gasteiger partial charge in [-0.15, -0.1) is 5.54 Å². The first kappa shape index (κ1) is 27.2. The normalized spacial score (nSPS) is 13.7. The first-order chi connectivity index (χ1) is 12.9. The van der Waals surface area contributed by atoms with Crippen molar-refractivity contribution in [3.63, 3.8) is 0 Å². The van der Waals surface area contributed by atoms with Crippen molar-refractivity contribution in [3.05, 3.63) is 11.5 Å². The fourth-order valence-corrected chi connectivity index (χ4v) is 2.26. The van der Waals surface area contributed by atoms with Gasteiger partial charge < -0.3 is 15.2 Å². The number of nitrogens with two attached hydrogens (primary N) is 1. The number of ether oxygens (including phenoxy) is 2. The molecule has 0 atom stereocenters. The molecule has 0 spiro atoms. The number of nitrogens with zero attached hydrogens (tertiary/aromatic N) is 2. The molecule has 0 heterocycles. The Kier molecular flexibility index (Phi) is 9.66. The van der Waals surface area contributed by atoms with E-state index in [1.54, 1.807) is 41.5 Å². The maximum absolute atomic E-state index is 12.8. The summed E-state index contributed by atoms with van der Waals surface area (Å²) in [5, 5.41) is 0. The van der Waals surface area contributed by atoms with Crippen molar-refractivity contribution >= 4 is 40.8 Å². The largest absolute Gasteiger partial charge is 0.443 e. The van der Waals surface area contributed by atoms with Crippen LogP contribution in [0.25, 0.3) is 0 Å². The van der Waals surface area contributed by atoms with E-state index in [2.05, 4.69) is 52.0 Å². The summed E-state index contributed by atoms with van der Waals surface area (Å²) >= 11 is 3.34. The molecular weight excluding hydrogens is 454 g/mol. The van der Waals surface area contributed by atoms with Gasteiger partial charge in [-0.3, -0.25) is 0 Å². The van der Waals surface area contributed by atoms with E-state index in [1.807, 2.05) is 6.92 Å². The lowest BCUT2D eigenvalue weighted by atomic mass is 10.2. The average molecular weight is 488 g/mol. The highest BCUT2D eigenvalue weighted by molar-refractivity contribution is 9.18. The van der Waals surface area contributed by atoms with E-state index in [0.29, 0.717) is 15.9 Å². The summed E-state index contributed by atoms with van der Waals surface area (Å²) in [7, 11) is -1.78. The molecule has 0 aromatic heterocycles. The van der Waals surface area contributed by atoms with E-state index in [-0.39, 0.29) is 11.5 Å². The van der Waals surface area contributed by atoms with Gasteiger partial charge in [-0.05, 0) is 63.9 Å². The fourth-order valence-electron chi connectivity index (χ4n) is 1.59. The Morgan fingerprint density at radius 3 is 1.76 bits per heavy atom. The van der Waals surface area contributed by atoms with Crippen LogP contribution in [0.2, 0.25) is 19.6 Å². The number of halogens is 1. The number of carbonyl (C=O) groups is 2. The van der Waals surface area contributed by atoms with Crippen LogP contribution < -0.4 is 5.73 Å². The Hall–Kier alpha value is -1.79.